The van der Waals surface area contributed by atoms with Crippen molar-refractivity contribution in [1.82, 2.24) is 9.97 Å². The second-order valence-electron chi connectivity index (χ2n) is 12.3. The van der Waals surface area contributed by atoms with Crippen LogP contribution in [0.5, 0.6) is 0 Å². The number of rotatable bonds is 4. The molecule has 0 unspecified atom stereocenters. The molecule has 47 heavy (non-hydrogen) atoms. The molecule has 10 rings (SSSR count). The van der Waals surface area contributed by atoms with Gasteiger partial charge in [-0.1, -0.05) is 109 Å². The van der Waals surface area contributed by atoms with Gasteiger partial charge < -0.3 is 0 Å². The number of fused-ring (bicyclic) bond motifs is 10. The first-order valence-corrected chi connectivity index (χ1v) is 17.5. The van der Waals surface area contributed by atoms with E-state index < -0.39 is 5.41 Å². The van der Waals surface area contributed by atoms with Crippen LogP contribution in [0.25, 0.3) is 65.4 Å². The van der Waals surface area contributed by atoms with Crippen LogP contribution in [-0.2, 0) is 5.41 Å². The zero-order valence-electron chi connectivity index (χ0n) is 25.2. The van der Waals surface area contributed by atoms with Gasteiger partial charge in [0.15, 0.2) is 0 Å². The van der Waals surface area contributed by atoms with Gasteiger partial charge in [0.05, 0.1) is 26.2 Å². The first kappa shape index (κ1) is 26.8. The normalized spacial score (nSPS) is 13.3. The monoisotopic (exact) mass is 634 g/mol. The van der Waals surface area contributed by atoms with Crippen molar-refractivity contribution >= 4 is 22.7 Å². The molecule has 4 heteroatoms. The lowest BCUT2D eigenvalue weighted by molar-refractivity contribution is 0.794. The highest BCUT2D eigenvalue weighted by molar-refractivity contribution is 7.13. The molecule has 8 aromatic rings. The van der Waals surface area contributed by atoms with Gasteiger partial charge in [-0.2, -0.15) is 0 Å². The van der Waals surface area contributed by atoms with Crippen LogP contribution in [0.4, 0.5) is 0 Å². The Labute approximate surface area is 281 Å². The molecule has 6 aromatic carbocycles. The third-order valence-corrected chi connectivity index (χ3v) is 11.6. The summed E-state index contributed by atoms with van der Waals surface area (Å²) in [4.78, 5) is 11.0. The van der Waals surface area contributed by atoms with Crippen molar-refractivity contribution in [2.75, 3.05) is 0 Å². The predicted octanol–water partition coefficient (Wildman–Crippen LogP) is 11.6. The summed E-state index contributed by atoms with van der Waals surface area (Å²) in [5.41, 5.74) is 21.3. The quantitative estimate of drug-likeness (QED) is 0.192. The number of aromatic nitrogens is 2. The van der Waals surface area contributed by atoms with Crippen LogP contribution < -0.4 is 0 Å². The van der Waals surface area contributed by atoms with E-state index >= 15 is 0 Å². The Balaban J connectivity index is 1.22. The summed E-state index contributed by atoms with van der Waals surface area (Å²) in [7, 11) is 0. The zero-order chi connectivity index (χ0) is 31.0. The Morgan fingerprint density at radius 2 is 0.787 bits per heavy atom. The molecule has 0 amide bonds. The summed E-state index contributed by atoms with van der Waals surface area (Å²) in [5, 5.41) is 0. The molecular weight excluding hydrogens is 609 g/mol. The largest absolute Gasteiger partial charge is 0.252 e. The highest BCUT2D eigenvalue weighted by Crippen LogP contribution is 2.63. The summed E-state index contributed by atoms with van der Waals surface area (Å²) >= 11 is 3.35. The summed E-state index contributed by atoms with van der Waals surface area (Å²) in [6.07, 6.45) is 3.91. The average molecular weight is 635 g/mol. The minimum atomic E-state index is -0.422. The first-order valence-electron chi connectivity index (χ1n) is 15.8. The molecule has 0 N–H and O–H groups in total. The van der Waals surface area contributed by atoms with Crippen molar-refractivity contribution in [2.24, 2.45) is 0 Å². The van der Waals surface area contributed by atoms with Crippen LogP contribution in [0.1, 0.15) is 22.3 Å². The SMILES string of the molecule is c1cc(-c2ccc3c(c2)C2(c4ccccc4-c4ccccc42)c2cc(-c4cccc(-c5cncs5)c4)ccc2-3)cc(-c2cncs2)c1. The first-order chi connectivity index (χ1) is 23.3. The summed E-state index contributed by atoms with van der Waals surface area (Å²) in [6, 6.07) is 50.0. The van der Waals surface area contributed by atoms with E-state index in [1.165, 1.54) is 87.6 Å². The number of hydrogen-bond donors (Lipinski definition) is 0. The van der Waals surface area contributed by atoms with Gasteiger partial charge in [-0.3, -0.25) is 9.97 Å². The molecule has 1 spiro atoms. The van der Waals surface area contributed by atoms with Crippen molar-refractivity contribution in [3.8, 4) is 65.4 Å². The lowest BCUT2D eigenvalue weighted by atomic mass is 9.70. The van der Waals surface area contributed by atoms with Gasteiger partial charge in [0.1, 0.15) is 0 Å². The maximum absolute atomic E-state index is 4.32. The van der Waals surface area contributed by atoms with Crippen molar-refractivity contribution in [2.45, 2.75) is 5.41 Å². The van der Waals surface area contributed by atoms with E-state index in [2.05, 4.69) is 143 Å². The van der Waals surface area contributed by atoms with E-state index in [0.717, 1.165) is 0 Å². The van der Waals surface area contributed by atoms with Crippen LogP contribution >= 0.6 is 22.7 Å². The number of benzene rings is 6. The van der Waals surface area contributed by atoms with E-state index in [4.69, 9.17) is 0 Å². The molecule has 0 fully saturated rings. The molecule has 0 saturated carbocycles. The molecule has 2 aromatic heterocycles. The third kappa shape index (κ3) is 3.89. The van der Waals surface area contributed by atoms with Gasteiger partial charge in [0.2, 0.25) is 0 Å². The smallest absolute Gasteiger partial charge is 0.0797 e. The van der Waals surface area contributed by atoms with Crippen LogP contribution in [-0.4, -0.2) is 9.97 Å². The Hall–Kier alpha value is -5.42. The van der Waals surface area contributed by atoms with Crippen LogP contribution in [0.3, 0.4) is 0 Å². The Kier molecular flexibility index (Phi) is 5.86. The Bertz CT molecular complexity index is 2300. The van der Waals surface area contributed by atoms with Crippen LogP contribution in [0, 0.1) is 0 Å². The molecule has 2 aliphatic rings. The van der Waals surface area contributed by atoms with Gasteiger partial charge in [-0.15, -0.1) is 22.7 Å². The summed E-state index contributed by atoms with van der Waals surface area (Å²) in [6.45, 7) is 0. The Morgan fingerprint density at radius 1 is 0.362 bits per heavy atom. The van der Waals surface area contributed by atoms with E-state index in [-0.39, 0.29) is 0 Å². The number of nitrogens with zero attached hydrogens (tertiary/aromatic N) is 2. The topological polar surface area (TPSA) is 25.8 Å². The van der Waals surface area contributed by atoms with Crippen molar-refractivity contribution in [3.63, 3.8) is 0 Å². The van der Waals surface area contributed by atoms with E-state index in [9.17, 15) is 0 Å². The summed E-state index contributed by atoms with van der Waals surface area (Å²) < 4.78 is 0. The van der Waals surface area contributed by atoms with Crippen molar-refractivity contribution in [1.29, 1.82) is 0 Å². The molecule has 0 bridgehead atoms. The molecule has 0 saturated heterocycles. The molecule has 2 aliphatic carbocycles. The van der Waals surface area contributed by atoms with E-state index in [1.54, 1.807) is 22.7 Å². The van der Waals surface area contributed by atoms with Crippen LogP contribution in [0.2, 0.25) is 0 Å². The second kappa shape index (κ2) is 10.3. The minimum absolute atomic E-state index is 0.422. The van der Waals surface area contributed by atoms with Gasteiger partial charge in [0.25, 0.3) is 0 Å². The number of hydrogen-bond acceptors (Lipinski definition) is 4. The standard InChI is InChI=1S/C43H26N2S2/c1-3-13-37-33(11-1)34-12-2-4-14-38(34)43(37)39-21-29(27-7-5-9-31(19-27)41-23-44-25-46-41)15-17-35(39)36-18-16-30(22-40(36)43)28-8-6-10-32(20-28)42-24-45-26-47-42/h1-26H. The fourth-order valence-electron chi connectivity index (χ4n) is 7.92. The molecular formula is C43H26N2S2. The lowest BCUT2D eigenvalue weighted by Crippen LogP contribution is -2.26. The second-order valence-corrected chi connectivity index (χ2v) is 14.0. The highest BCUT2D eigenvalue weighted by atomic mass is 32.1. The van der Waals surface area contributed by atoms with Crippen molar-refractivity contribution in [3.05, 3.63) is 179 Å². The van der Waals surface area contributed by atoms with Gasteiger partial charge in [-0.25, -0.2) is 0 Å². The highest BCUT2D eigenvalue weighted by Gasteiger charge is 2.51. The molecule has 2 heterocycles. The fourth-order valence-corrected chi connectivity index (χ4v) is 9.16. The zero-order valence-corrected chi connectivity index (χ0v) is 26.9. The maximum atomic E-state index is 4.32. The van der Waals surface area contributed by atoms with Crippen molar-refractivity contribution < 1.29 is 0 Å². The lowest BCUT2D eigenvalue weighted by Gasteiger charge is -2.31. The molecule has 2 nitrogen and oxygen atoms in total. The van der Waals surface area contributed by atoms with E-state index in [0.29, 0.717) is 0 Å². The predicted molar refractivity (Wildman–Crippen MR) is 196 cm³/mol. The van der Waals surface area contributed by atoms with Gasteiger partial charge >= 0.3 is 0 Å². The van der Waals surface area contributed by atoms with Gasteiger partial charge in [-0.05, 0) is 102 Å². The molecule has 0 atom stereocenters. The van der Waals surface area contributed by atoms with Crippen LogP contribution in [0.15, 0.2) is 157 Å². The minimum Gasteiger partial charge on any atom is -0.252 e. The summed E-state index contributed by atoms with van der Waals surface area (Å²) in [5.74, 6) is 0. The maximum Gasteiger partial charge on any atom is 0.0797 e. The molecule has 220 valence electrons. The van der Waals surface area contributed by atoms with E-state index in [1.807, 2.05) is 23.4 Å². The van der Waals surface area contributed by atoms with Gasteiger partial charge in [0, 0.05) is 12.4 Å². The molecule has 0 aliphatic heterocycles. The Morgan fingerprint density at radius 3 is 1.26 bits per heavy atom. The fraction of sp³-hybridized carbons (Fsp3) is 0.0233. The third-order valence-electron chi connectivity index (χ3n) is 9.92. The molecule has 0 radical (unpaired) electrons. The number of thiazole rings is 2. The average Bonchev–Trinajstić information content (AvgIpc) is 3.96.